The van der Waals surface area contributed by atoms with Gasteiger partial charge in [0.1, 0.15) is 0 Å². The van der Waals surface area contributed by atoms with Crippen LogP contribution in [0.15, 0.2) is 18.2 Å². The Morgan fingerprint density at radius 1 is 1.30 bits per heavy atom. The number of aromatic carboxylic acids is 1. The number of ether oxygens (including phenoxy) is 1. The van der Waals surface area contributed by atoms with E-state index in [1.807, 2.05) is 6.07 Å². The van der Waals surface area contributed by atoms with E-state index in [2.05, 4.69) is 13.8 Å². The fraction of sp³-hybridized carbons (Fsp3) is 0.500. The Labute approximate surface area is 119 Å². The van der Waals surface area contributed by atoms with E-state index in [0.29, 0.717) is 24.5 Å². The lowest BCUT2D eigenvalue weighted by Gasteiger charge is -2.10. The highest BCUT2D eigenvalue weighted by atomic mass is 16.5. The van der Waals surface area contributed by atoms with E-state index in [1.54, 1.807) is 19.1 Å². The zero-order valence-electron chi connectivity index (χ0n) is 12.3. The van der Waals surface area contributed by atoms with E-state index < -0.39 is 5.97 Å². The summed E-state index contributed by atoms with van der Waals surface area (Å²) in [6.07, 6.45) is 1.44. The molecule has 0 unspecified atom stereocenters. The Bertz CT molecular complexity index is 477. The molecular weight excluding hydrogens is 256 g/mol. The van der Waals surface area contributed by atoms with Crippen molar-refractivity contribution in [3.63, 3.8) is 0 Å². The number of carbonyl (C=O) groups excluding carboxylic acids is 1. The molecule has 0 bridgehead atoms. The molecule has 110 valence electrons. The van der Waals surface area contributed by atoms with Crippen molar-refractivity contribution < 1.29 is 19.4 Å². The van der Waals surface area contributed by atoms with Gasteiger partial charge in [0.15, 0.2) is 0 Å². The Hall–Kier alpha value is -1.84. The number of benzene rings is 1. The third kappa shape index (κ3) is 5.03. The summed E-state index contributed by atoms with van der Waals surface area (Å²) in [6, 6.07) is 5.45. The van der Waals surface area contributed by atoms with Gasteiger partial charge < -0.3 is 9.84 Å². The molecule has 4 heteroatoms. The highest BCUT2D eigenvalue weighted by Crippen LogP contribution is 2.17. The molecule has 0 heterocycles. The second-order valence-electron chi connectivity index (χ2n) is 5.20. The molecular formula is C16H22O4. The number of esters is 1. The van der Waals surface area contributed by atoms with E-state index in [9.17, 15) is 14.7 Å². The average Bonchev–Trinajstić information content (AvgIpc) is 2.36. The minimum atomic E-state index is -0.950. The van der Waals surface area contributed by atoms with Gasteiger partial charge in [0.2, 0.25) is 0 Å². The van der Waals surface area contributed by atoms with Crippen molar-refractivity contribution in [1.29, 1.82) is 0 Å². The van der Waals surface area contributed by atoms with Gasteiger partial charge in [-0.3, -0.25) is 4.79 Å². The fourth-order valence-electron chi connectivity index (χ4n) is 2.11. The zero-order valence-corrected chi connectivity index (χ0v) is 12.3. The first-order valence-corrected chi connectivity index (χ1v) is 6.94. The van der Waals surface area contributed by atoms with Crippen LogP contribution < -0.4 is 0 Å². The van der Waals surface area contributed by atoms with E-state index >= 15 is 0 Å². The second-order valence-corrected chi connectivity index (χ2v) is 5.20. The maximum Gasteiger partial charge on any atom is 0.335 e. The van der Waals surface area contributed by atoms with Gasteiger partial charge in [-0.1, -0.05) is 26.0 Å². The summed E-state index contributed by atoms with van der Waals surface area (Å²) in [7, 11) is 0. The van der Waals surface area contributed by atoms with Crippen molar-refractivity contribution in [2.24, 2.45) is 5.92 Å². The molecule has 0 saturated carbocycles. The van der Waals surface area contributed by atoms with Gasteiger partial charge in [0, 0.05) is 6.42 Å². The molecule has 1 rings (SSSR count). The summed E-state index contributed by atoms with van der Waals surface area (Å²) in [5, 5.41) is 9.28. The standard InChI is InChI=1S/C16H22O4/c1-4-20-15(17)8-7-13-6-5-12(9-11(2)3)10-14(13)16(18)19/h5-6,10-11H,4,7-9H2,1-3H3,(H,18,19). The highest BCUT2D eigenvalue weighted by molar-refractivity contribution is 5.89. The number of rotatable bonds is 7. The van der Waals surface area contributed by atoms with Crippen LogP contribution in [0.3, 0.4) is 0 Å². The van der Waals surface area contributed by atoms with Gasteiger partial charge in [-0.2, -0.15) is 0 Å². The smallest absolute Gasteiger partial charge is 0.335 e. The van der Waals surface area contributed by atoms with Crippen LogP contribution in [-0.2, 0) is 22.4 Å². The van der Waals surface area contributed by atoms with E-state index in [1.165, 1.54) is 0 Å². The zero-order chi connectivity index (χ0) is 15.1. The highest BCUT2D eigenvalue weighted by Gasteiger charge is 2.13. The number of carboxylic acid groups (broad SMARTS) is 1. The average molecular weight is 278 g/mol. The molecule has 0 aliphatic heterocycles. The summed E-state index contributed by atoms with van der Waals surface area (Å²) >= 11 is 0. The molecule has 0 aromatic heterocycles. The van der Waals surface area contributed by atoms with Crippen LogP contribution in [-0.4, -0.2) is 23.7 Å². The topological polar surface area (TPSA) is 63.6 Å². The van der Waals surface area contributed by atoms with Crippen molar-refractivity contribution in [2.75, 3.05) is 6.61 Å². The lowest BCUT2D eigenvalue weighted by atomic mass is 9.96. The van der Waals surface area contributed by atoms with Gasteiger partial charge in [-0.05, 0) is 42.9 Å². The second kappa shape index (κ2) is 7.68. The molecule has 1 N–H and O–H groups in total. The van der Waals surface area contributed by atoms with Crippen LogP contribution in [0.2, 0.25) is 0 Å². The summed E-state index contributed by atoms with van der Waals surface area (Å²) in [6.45, 7) is 6.28. The van der Waals surface area contributed by atoms with E-state index in [-0.39, 0.29) is 18.0 Å². The molecule has 0 aliphatic carbocycles. The number of hydrogen-bond donors (Lipinski definition) is 1. The lowest BCUT2D eigenvalue weighted by molar-refractivity contribution is -0.143. The molecule has 4 nitrogen and oxygen atoms in total. The predicted molar refractivity (Wildman–Crippen MR) is 76.9 cm³/mol. The fourth-order valence-corrected chi connectivity index (χ4v) is 2.11. The van der Waals surface area contributed by atoms with E-state index in [4.69, 9.17) is 4.74 Å². The van der Waals surface area contributed by atoms with Crippen molar-refractivity contribution >= 4 is 11.9 Å². The first kappa shape index (κ1) is 16.2. The molecule has 0 atom stereocenters. The molecule has 0 amide bonds. The van der Waals surface area contributed by atoms with Crippen LogP contribution in [0.25, 0.3) is 0 Å². The minimum Gasteiger partial charge on any atom is -0.478 e. The molecule has 0 aliphatic rings. The minimum absolute atomic E-state index is 0.206. The maximum absolute atomic E-state index is 11.3. The van der Waals surface area contributed by atoms with Gasteiger partial charge in [0.05, 0.1) is 12.2 Å². The summed E-state index contributed by atoms with van der Waals surface area (Å²) in [5.41, 5.74) is 1.97. The number of hydrogen-bond acceptors (Lipinski definition) is 3. The summed E-state index contributed by atoms with van der Waals surface area (Å²) < 4.78 is 4.85. The normalized spacial score (nSPS) is 10.6. The van der Waals surface area contributed by atoms with Crippen LogP contribution in [0.4, 0.5) is 0 Å². The Morgan fingerprint density at radius 2 is 2.00 bits per heavy atom. The van der Waals surface area contributed by atoms with Crippen molar-refractivity contribution in [2.45, 2.75) is 40.0 Å². The Morgan fingerprint density at radius 3 is 2.55 bits per heavy atom. The van der Waals surface area contributed by atoms with Crippen LogP contribution in [0, 0.1) is 5.92 Å². The van der Waals surface area contributed by atoms with Gasteiger partial charge >= 0.3 is 11.9 Å². The van der Waals surface area contributed by atoms with Crippen LogP contribution >= 0.6 is 0 Å². The van der Waals surface area contributed by atoms with Gasteiger partial charge in [-0.15, -0.1) is 0 Å². The van der Waals surface area contributed by atoms with Crippen molar-refractivity contribution in [3.05, 3.63) is 34.9 Å². The molecule has 0 fully saturated rings. The predicted octanol–water partition coefficient (Wildman–Crippen LogP) is 3.08. The monoisotopic (exact) mass is 278 g/mol. The Balaban J connectivity index is 2.85. The Kier molecular flexibility index (Phi) is 6.22. The number of carbonyl (C=O) groups is 2. The molecule has 0 saturated heterocycles. The summed E-state index contributed by atoms with van der Waals surface area (Å²) in [5.74, 6) is -0.772. The van der Waals surface area contributed by atoms with Crippen LogP contribution in [0.5, 0.6) is 0 Å². The quantitative estimate of drug-likeness (QED) is 0.778. The first-order chi connectivity index (χ1) is 9.43. The van der Waals surface area contributed by atoms with Crippen LogP contribution in [0.1, 0.15) is 48.7 Å². The largest absolute Gasteiger partial charge is 0.478 e. The summed E-state index contributed by atoms with van der Waals surface area (Å²) in [4.78, 5) is 22.7. The van der Waals surface area contributed by atoms with Crippen molar-refractivity contribution in [1.82, 2.24) is 0 Å². The maximum atomic E-state index is 11.3. The molecule has 0 spiro atoms. The van der Waals surface area contributed by atoms with E-state index in [0.717, 1.165) is 12.0 Å². The number of carboxylic acids is 1. The molecule has 1 aromatic carbocycles. The van der Waals surface area contributed by atoms with Gasteiger partial charge in [-0.25, -0.2) is 4.79 Å². The first-order valence-electron chi connectivity index (χ1n) is 6.94. The molecule has 20 heavy (non-hydrogen) atoms. The number of aryl methyl sites for hydroxylation is 1. The van der Waals surface area contributed by atoms with Crippen molar-refractivity contribution in [3.8, 4) is 0 Å². The lowest BCUT2D eigenvalue weighted by Crippen LogP contribution is -2.09. The SMILES string of the molecule is CCOC(=O)CCc1ccc(CC(C)C)cc1C(=O)O. The third-order valence-electron chi connectivity index (χ3n) is 2.95. The molecule has 0 radical (unpaired) electrons. The van der Waals surface area contributed by atoms with Gasteiger partial charge in [0.25, 0.3) is 0 Å². The molecule has 1 aromatic rings. The third-order valence-corrected chi connectivity index (χ3v) is 2.95.